The Labute approximate surface area is 124 Å². The third-order valence-corrected chi connectivity index (χ3v) is 6.21. The van der Waals surface area contributed by atoms with E-state index in [-0.39, 0.29) is 5.54 Å². The van der Waals surface area contributed by atoms with Gasteiger partial charge in [0.1, 0.15) is 0 Å². The van der Waals surface area contributed by atoms with Gasteiger partial charge in [0.2, 0.25) is 0 Å². The molecule has 0 aromatic rings. The van der Waals surface area contributed by atoms with Crippen LogP contribution >= 0.6 is 11.8 Å². The lowest BCUT2D eigenvalue weighted by atomic mass is 9.84. The highest BCUT2D eigenvalue weighted by atomic mass is 32.2. The first kappa shape index (κ1) is 17.3. The van der Waals surface area contributed by atoms with Crippen molar-refractivity contribution in [2.75, 3.05) is 18.8 Å². The minimum absolute atomic E-state index is 0.226. The van der Waals surface area contributed by atoms with Crippen LogP contribution in [0.4, 0.5) is 0 Å². The van der Waals surface area contributed by atoms with E-state index in [2.05, 4.69) is 51.3 Å². The van der Waals surface area contributed by atoms with Crippen molar-refractivity contribution in [2.45, 2.75) is 77.1 Å². The summed E-state index contributed by atoms with van der Waals surface area (Å²) in [5.74, 6) is 2.02. The quantitative estimate of drug-likeness (QED) is 0.773. The van der Waals surface area contributed by atoms with Gasteiger partial charge in [0.05, 0.1) is 0 Å². The Balaban J connectivity index is 3.02. The summed E-state index contributed by atoms with van der Waals surface area (Å²) in [6.45, 7) is 13.7. The topological polar surface area (TPSA) is 29.3 Å². The number of nitrogens with zero attached hydrogens (tertiary/aromatic N) is 1. The molecule has 2 nitrogen and oxygen atoms in total. The second-order valence-corrected chi connectivity index (χ2v) is 7.89. The molecule has 2 atom stereocenters. The van der Waals surface area contributed by atoms with E-state index >= 15 is 0 Å². The first-order valence-electron chi connectivity index (χ1n) is 8.10. The summed E-state index contributed by atoms with van der Waals surface area (Å²) in [7, 11) is 0. The van der Waals surface area contributed by atoms with Crippen LogP contribution < -0.4 is 5.73 Å². The van der Waals surface area contributed by atoms with E-state index in [9.17, 15) is 0 Å². The van der Waals surface area contributed by atoms with Crippen molar-refractivity contribution in [3.8, 4) is 0 Å². The zero-order valence-corrected chi connectivity index (χ0v) is 14.4. The Kier molecular flexibility index (Phi) is 7.20. The van der Waals surface area contributed by atoms with Gasteiger partial charge in [0.15, 0.2) is 0 Å². The van der Waals surface area contributed by atoms with Crippen molar-refractivity contribution in [1.29, 1.82) is 0 Å². The molecule has 0 aliphatic carbocycles. The van der Waals surface area contributed by atoms with E-state index < -0.39 is 0 Å². The summed E-state index contributed by atoms with van der Waals surface area (Å²) in [6, 6.07) is 0.687. The third-order valence-electron chi connectivity index (χ3n) is 4.75. The van der Waals surface area contributed by atoms with Crippen LogP contribution in [0.1, 0.15) is 60.3 Å². The maximum Gasteiger partial charge on any atom is 0.0450 e. The summed E-state index contributed by atoms with van der Waals surface area (Å²) < 4.78 is 0. The molecule has 0 radical (unpaired) electrons. The zero-order chi connectivity index (χ0) is 14.5. The third kappa shape index (κ3) is 3.89. The standard InChI is InChI=1S/C16H34N2S/c1-6-15(7-2)18(11-13(3)4)16(12-17)9-8-10-19-14(16)5/h13-15H,6-12,17H2,1-5H3. The summed E-state index contributed by atoms with van der Waals surface area (Å²) in [4.78, 5) is 2.79. The van der Waals surface area contributed by atoms with Crippen molar-refractivity contribution in [1.82, 2.24) is 4.90 Å². The SMILES string of the molecule is CCC(CC)N(CC(C)C)C1(CN)CCCSC1C. The van der Waals surface area contributed by atoms with Gasteiger partial charge in [-0.1, -0.05) is 34.6 Å². The van der Waals surface area contributed by atoms with Gasteiger partial charge in [0.25, 0.3) is 0 Å². The maximum atomic E-state index is 6.30. The van der Waals surface area contributed by atoms with Gasteiger partial charge >= 0.3 is 0 Å². The molecule has 1 rings (SSSR count). The van der Waals surface area contributed by atoms with Crippen LogP contribution in [0, 0.1) is 5.92 Å². The largest absolute Gasteiger partial charge is 0.329 e. The highest BCUT2D eigenvalue weighted by Gasteiger charge is 2.44. The van der Waals surface area contributed by atoms with Crippen LogP contribution in [0.25, 0.3) is 0 Å². The minimum Gasteiger partial charge on any atom is -0.329 e. The van der Waals surface area contributed by atoms with Crippen molar-refractivity contribution in [3.05, 3.63) is 0 Å². The Morgan fingerprint density at radius 3 is 2.37 bits per heavy atom. The van der Waals surface area contributed by atoms with Crippen molar-refractivity contribution in [2.24, 2.45) is 11.7 Å². The summed E-state index contributed by atoms with van der Waals surface area (Å²) in [5.41, 5.74) is 6.52. The van der Waals surface area contributed by atoms with Crippen LogP contribution in [-0.2, 0) is 0 Å². The zero-order valence-electron chi connectivity index (χ0n) is 13.6. The van der Waals surface area contributed by atoms with Gasteiger partial charge in [-0.2, -0.15) is 11.8 Å². The Bertz CT molecular complexity index is 253. The van der Waals surface area contributed by atoms with E-state index in [0.717, 1.165) is 6.54 Å². The molecule has 0 aromatic heterocycles. The number of rotatable bonds is 7. The Hall–Kier alpha value is 0.270. The summed E-state index contributed by atoms with van der Waals surface area (Å²) in [5, 5.41) is 0.658. The molecule has 0 amide bonds. The molecule has 19 heavy (non-hydrogen) atoms. The van der Waals surface area contributed by atoms with E-state index in [1.807, 2.05) is 0 Å². The normalized spacial score (nSPS) is 28.6. The summed E-state index contributed by atoms with van der Waals surface area (Å²) in [6.07, 6.45) is 5.08. The first-order chi connectivity index (χ1) is 9.01. The monoisotopic (exact) mass is 286 g/mol. The van der Waals surface area contributed by atoms with Crippen LogP contribution in [0.5, 0.6) is 0 Å². The first-order valence-corrected chi connectivity index (χ1v) is 9.15. The van der Waals surface area contributed by atoms with Gasteiger partial charge in [-0.3, -0.25) is 4.90 Å². The van der Waals surface area contributed by atoms with Gasteiger partial charge < -0.3 is 5.73 Å². The molecule has 1 fully saturated rings. The lowest BCUT2D eigenvalue weighted by molar-refractivity contribution is 0.0235. The molecular formula is C16H34N2S. The number of thioether (sulfide) groups is 1. The van der Waals surface area contributed by atoms with Gasteiger partial charge in [-0.15, -0.1) is 0 Å². The smallest absolute Gasteiger partial charge is 0.0450 e. The van der Waals surface area contributed by atoms with Crippen LogP contribution in [0.3, 0.4) is 0 Å². The fraction of sp³-hybridized carbons (Fsp3) is 1.00. The fourth-order valence-corrected chi connectivity index (χ4v) is 4.90. The molecular weight excluding hydrogens is 252 g/mol. The van der Waals surface area contributed by atoms with Crippen LogP contribution in [-0.4, -0.2) is 40.6 Å². The molecule has 2 N–H and O–H groups in total. The molecule has 0 spiro atoms. The van der Waals surface area contributed by atoms with Crippen LogP contribution in [0.15, 0.2) is 0 Å². The molecule has 1 saturated heterocycles. The summed E-state index contributed by atoms with van der Waals surface area (Å²) >= 11 is 2.12. The molecule has 2 unspecified atom stereocenters. The van der Waals surface area contributed by atoms with Gasteiger partial charge in [-0.25, -0.2) is 0 Å². The molecule has 3 heteroatoms. The van der Waals surface area contributed by atoms with E-state index in [4.69, 9.17) is 5.73 Å². The number of hydrogen-bond donors (Lipinski definition) is 1. The average molecular weight is 287 g/mol. The Morgan fingerprint density at radius 2 is 1.95 bits per heavy atom. The molecule has 1 aliphatic rings. The van der Waals surface area contributed by atoms with E-state index in [0.29, 0.717) is 17.2 Å². The van der Waals surface area contributed by atoms with Gasteiger partial charge in [-0.05, 0) is 37.4 Å². The maximum absolute atomic E-state index is 6.30. The van der Waals surface area contributed by atoms with Crippen molar-refractivity contribution in [3.63, 3.8) is 0 Å². The molecule has 1 aliphatic heterocycles. The predicted molar refractivity (Wildman–Crippen MR) is 88.9 cm³/mol. The second kappa shape index (κ2) is 7.90. The molecule has 1 heterocycles. The van der Waals surface area contributed by atoms with Crippen molar-refractivity contribution >= 4 is 11.8 Å². The molecule has 114 valence electrons. The van der Waals surface area contributed by atoms with Crippen molar-refractivity contribution < 1.29 is 0 Å². The lowest BCUT2D eigenvalue weighted by Gasteiger charge is -2.53. The second-order valence-electron chi connectivity index (χ2n) is 6.44. The average Bonchev–Trinajstić information content (AvgIpc) is 2.39. The van der Waals surface area contributed by atoms with Gasteiger partial charge in [0, 0.05) is 29.9 Å². The minimum atomic E-state index is 0.226. The fourth-order valence-electron chi connectivity index (χ4n) is 3.58. The van der Waals surface area contributed by atoms with E-state index in [1.54, 1.807) is 0 Å². The van der Waals surface area contributed by atoms with Crippen LogP contribution in [0.2, 0.25) is 0 Å². The molecule has 0 bridgehead atoms. The highest BCUT2D eigenvalue weighted by Crippen LogP contribution is 2.40. The highest BCUT2D eigenvalue weighted by molar-refractivity contribution is 8.00. The number of hydrogen-bond acceptors (Lipinski definition) is 3. The molecule has 0 saturated carbocycles. The number of nitrogens with two attached hydrogens (primary N) is 1. The van der Waals surface area contributed by atoms with E-state index in [1.165, 1.54) is 38.0 Å². The Morgan fingerprint density at radius 1 is 1.32 bits per heavy atom. The lowest BCUT2D eigenvalue weighted by Crippen LogP contribution is -2.64. The predicted octanol–water partition coefficient (Wildman–Crippen LogP) is 3.75. The molecule has 0 aromatic carbocycles.